The van der Waals surface area contributed by atoms with E-state index in [9.17, 15) is 20.1 Å². The van der Waals surface area contributed by atoms with E-state index in [-0.39, 0.29) is 37.8 Å². The molecule has 7 nitrogen and oxygen atoms in total. The van der Waals surface area contributed by atoms with Gasteiger partial charge in [-0.25, -0.2) is 0 Å². The number of amides is 1. The first-order chi connectivity index (χ1) is 15.8. The van der Waals surface area contributed by atoms with Crippen LogP contribution in [-0.2, 0) is 13.2 Å². The van der Waals surface area contributed by atoms with E-state index in [2.05, 4.69) is 0 Å². The van der Waals surface area contributed by atoms with Gasteiger partial charge in [0.1, 0.15) is 18.1 Å². The molecule has 1 aliphatic rings. The molecule has 0 aliphatic carbocycles. The molecule has 8 heteroatoms. The minimum atomic E-state index is -2.14. The molecule has 4 rings (SSSR count). The summed E-state index contributed by atoms with van der Waals surface area (Å²) < 4.78 is 5.93. The number of aliphatic hydroxyl groups excluding tert-OH is 1. The third-order valence-electron chi connectivity index (χ3n) is 5.52. The number of fused-ring (bicyclic) bond motifs is 1. The van der Waals surface area contributed by atoms with Gasteiger partial charge in [0.25, 0.3) is 5.91 Å². The number of benzene rings is 3. The average Bonchev–Trinajstić information content (AvgIpc) is 3.08. The number of hydrogen-bond donors (Lipinski definition) is 4. The first kappa shape index (κ1) is 23.1. The molecule has 0 atom stereocenters. The van der Waals surface area contributed by atoms with Crippen molar-refractivity contribution in [1.29, 1.82) is 0 Å². The molecule has 0 saturated heterocycles. The number of carbonyl (C=O) groups is 1. The molecule has 0 saturated carbocycles. The second kappa shape index (κ2) is 9.41. The van der Waals surface area contributed by atoms with Crippen LogP contribution in [0.2, 0.25) is 5.02 Å². The highest BCUT2D eigenvalue weighted by Crippen LogP contribution is 2.31. The van der Waals surface area contributed by atoms with Crippen molar-refractivity contribution in [3.05, 3.63) is 82.4 Å². The number of halogens is 1. The van der Waals surface area contributed by atoms with Gasteiger partial charge in [-0.2, -0.15) is 0 Å². The standard InChI is InChI=1S/C25H24ClNO6/c26-22-7-4-18(12-23(22)29)17-3-1-2-16(10-17)14-33-20-5-6-21-19(11-20)13-27(24(21)30)15-25(31,32)8-9-28/h1-7,10-12,28-29,31-32H,8-9,13-15H2. The van der Waals surface area contributed by atoms with Gasteiger partial charge in [-0.3, -0.25) is 4.79 Å². The number of phenols is 1. The first-order valence-electron chi connectivity index (χ1n) is 10.4. The summed E-state index contributed by atoms with van der Waals surface area (Å²) in [5.41, 5.74) is 3.90. The van der Waals surface area contributed by atoms with Crippen LogP contribution >= 0.6 is 11.6 Å². The Morgan fingerprint density at radius 2 is 1.82 bits per heavy atom. The lowest BCUT2D eigenvalue weighted by Gasteiger charge is -2.26. The maximum absolute atomic E-state index is 12.6. The van der Waals surface area contributed by atoms with Crippen molar-refractivity contribution in [2.75, 3.05) is 13.2 Å². The Hall–Kier alpha value is -3.10. The zero-order valence-electron chi connectivity index (χ0n) is 17.7. The second-order valence-corrected chi connectivity index (χ2v) is 8.50. The van der Waals surface area contributed by atoms with Crippen molar-refractivity contribution >= 4 is 17.5 Å². The molecule has 0 spiro atoms. The van der Waals surface area contributed by atoms with Gasteiger partial charge in [0.05, 0.1) is 11.6 Å². The van der Waals surface area contributed by atoms with E-state index in [1.54, 1.807) is 30.3 Å². The Kier molecular flexibility index (Phi) is 6.58. The predicted octanol–water partition coefficient (Wildman–Crippen LogP) is 3.31. The fourth-order valence-electron chi connectivity index (χ4n) is 3.84. The molecule has 3 aromatic carbocycles. The van der Waals surface area contributed by atoms with Crippen molar-refractivity contribution in [3.8, 4) is 22.6 Å². The van der Waals surface area contributed by atoms with Gasteiger partial charge in [0, 0.05) is 25.1 Å². The Labute approximate surface area is 196 Å². The topological polar surface area (TPSA) is 110 Å². The molecule has 33 heavy (non-hydrogen) atoms. The summed E-state index contributed by atoms with van der Waals surface area (Å²) in [6.45, 7) is -0.142. The SMILES string of the molecule is O=C1c2ccc(OCc3cccc(-c4ccc(Cl)c(O)c4)c3)cc2CN1CC(O)(O)CCO. The molecule has 0 bridgehead atoms. The summed E-state index contributed by atoms with van der Waals surface area (Å²) in [5, 5.41) is 39.0. The fourth-order valence-corrected chi connectivity index (χ4v) is 3.96. The van der Waals surface area contributed by atoms with Crippen LogP contribution in [0.25, 0.3) is 11.1 Å². The van der Waals surface area contributed by atoms with E-state index < -0.39 is 5.79 Å². The van der Waals surface area contributed by atoms with Gasteiger partial charge in [0.15, 0.2) is 5.79 Å². The van der Waals surface area contributed by atoms with Crippen LogP contribution in [0.5, 0.6) is 11.5 Å². The summed E-state index contributed by atoms with van der Waals surface area (Å²) >= 11 is 5.89. The smallest absolute Gasteiger partial charge is 0.254 e. The van der Waals surface area contributed by atoms with Crippen molar-refractivity contribution in [1.82, 2.24) is 4.90 Å². The second-order valence-electron chi connectivity index (χ2n) is 8.09. The number of rotatable bonds is 8. The number of β-amino-alcohol motifs (C(OH)–C–C–N with tert-alkyl or cyclic N) is 2. The number of carbonyl (C=O) groups excluding carboxylic acids is 1. The van der Waals surface area contributed by atoms with Crippen LogP contribution in [0, 0.1) is 0 Å². The zero-order chi connectivity index (χ0) is 23.6. The average molecular weight is 470 g/mol. The molecule has 1 amide bonds. The molecule has 3 aromatic rings. The van der Waals surface area contributed by atoms with Crippen LogP contribution in [0.4, 0.5) is 0 Å². The number of phenolic OH excluding ortho intramolecular Hbond substituents is 1. The number of nitrogens with zero attached hydrogens (tertiary/aromatic N) is 1. The number of hydrogen-bond acceptors (Lipinski definition) is 6. The van der Waals surface area contributed by atoms with Crippen molar-refractivity contribution in [2.24, 2.45) is 0 Å². The van der Waals surface area contributed by atoms with Crippen LogP contribution in [-0.4, -0.2) is 50.2 Å². The lowest BCUT2D eigenvalue weighted by atomic mass is 10.0. The van der Waals surface area contributed by atoms with Crippen LogP contribution < -0.4 is 4.74 Å². The molecule has 172 valence electrons. The van der Waals surface area contributed by atoms with Crippen LogP contribution in [0.15, 0.2) is 60.7 Å². The number of aromatic hydroxyl groups is 1. The van der Waals surface area contributed by atoms with Crippen molar-refractivity contribution in [2.45, 2.75) is 25.4 Å². The predicted molar refractivity (Wildman–Crippen MR) is 123 cm³/mol. The summed E-state index contributed by atoms with van der Waals surface area (Å²) in [6, 6.07) is 18.0. The first-order valence-corrected chi connectivity index (χ1v) is 10.8. The monoisotopic (exact) mass is 469 g/mol. The number of aliphatic hydroxyl groups is 3. The van der Waals surface area contributed by atoms with Crippen molar-refractivity contribution < 1.29 is 30.0 Å². The van der Waals surface area contributed by atoms with Gasteiger partial charge in [-0.1, -0.05) is 35.9 Å². The van der Waals surface area contributed by atoms with E-state index in [1.165, 1.54) is 4.90 Å². The van der Waals surface area contributed by atoms with E-state index in [4.69, 9.17) is 21.4 Å². The van der Waals surface area contributed by atoms with Gasteiger partial charge in [-0.05, 0) is 58.7 Å². The molecule has 0 aromatic heterocycles. The summed E-state index contributed by atoms with van der Waals surface area (Å²) in [4.78, 5) is 13.9. The van der Waals surface area contributed by atoms with Gasteiger partial charge in [-0.15, -0.1) is 0 Å². The zero-order valence-corrected chi connectivity index (χ0v) is 18.5. The van der Waals surface area contributed by atoms with Gasteiger partial charge in [0.2, 0.25) is 0 Å². The molecule has 0 unspecified atom stereocenters. The summed E-state index contributed by atoms with van der Waals surface area (Å²) in [7, 11) is 0. The largest absolute Gasteiger partial charge is 0.506 e. The lowest BCUT2D eigenvalue weighted by molar-refractivity contribution is -0.179. The van der Waals surface area contributed by atoms with E-state index >= 15 is 0 Å². The maximum atomic E-state index is 12.6. The summed E-state index contributed by atoms with van der Waals surface area (Å²) in [5.74, 6) is -1.82. The van der Waals surface area contributed by atoms with Crippen molar-refractivity contribution in [3.63, 3.8) is 0 Å². The minimum absolute atomic E-state index is 0.0218. The molecule has 0 radical (unpaired) electrons. The van der Waals surface area contributed by atoms with Gasteiger partial charge >= 0.3 is 0 Å². The maximum Gasteiger partial charge on any atom is 0.254 e. The fraction of sp³-hybridized carbons (Fsp3) is 0.240. The van der Waals surface area contributed by atoms with Crippen LogP contribution in [0.1, 0.15) is 27.9 Å². The third-order valence-corrected chi connectivity index (χ3v) is 5.84. The molecule has 1 aliphatic heterocycles. The molecule has 1 heterocycles. The Balaban J connectivity index is 1.43. The minimum Gasteiger partial charge on any atom is -0.506 e. The van der Waals surface area contributed by atoms with E-state index in [0.717, 1.165) is 22.3 Å². The van der Waals surface area contributed by atoms with E-state index in [0.29, 0.717) is 22.9 Å². The molecular formula is C25H24ClNO6. The lowest BCUT2D eigenvalue weighted by Crippen LogP contribution is -2.43. The van der Waals surface area contributed by atoms with Gasteiger partial charge < -0.3 is 30.1 Å². The summed E-state index contributed by atoms with van der Waals surface area (Å²) in [6.07, 6.45) is -0.240. The Morgan fingerprint density at radius 1 is 1.03 bits per heavy atom. The number of ether oxygens (including phenoxy) is 1. The highest BCUT2D eigenvalue weighted by Gasteiger charge is 2.34. The molecular weight excluding hydrogens is 446 g/mol. The highest BCUT2D eigenvalue weighted by atomic mass is 35.5. The quantitative estimate of drug-likeness (QED) is 0.377. The Bertz CT molecular complexity index is 1180. The highest BCUT2D eigenvalue weighted by molar-refractivity contribution is 6.32. The van der Waals surface area contributed by atoms with E-state index in [1.807, 2.05) is 30.3 Å². The third kappa shape index (κ3) is 5.29. The Morgan fingerprint density at radius 3 is 2.58 bits per heavy atom. The normalized spacial score (nSPS) is 13.3. The van der Waals surface area contributed by atoms with Crippen LogP contribution in [0.3, 0.4) is 0 Å². The molecule has 0 fully saturated rings. The molecule has 4 N–H and O–H groups in total.